The molecule has 0 saturated heterocycles. The van der Waals surface area contributed by atoms with Crippen LogP contribution in [0.1, 0.15) is 20.4 Å². The van der Waals surface area contributed by atoms with Gasteiger partial charge in [0.25, 0.3) is 17.0 Å². The molecule has 5 rings (SSSR count). The lowest BCUT2D eigenvalue weighted by Gasteiger charge is -2.02. The summed E-state index contributed by atoms with van der Waals surface area (Å²) in [5.74, 6) is 0.227. The van der Waals surface area contributed by atoms with Crippen molar-refractivity contribution < 1.29 is 13.6 Å². The van der Waals surface area contributed by atoms with E-state index in [1.807, 2.05) is 30.5 Å². The minimum Gasteiger partial charge on any atom is -0.411 e. The number of carbonyl (C=O) groups is 1. The Kier molecular flexibility index (Phi) is 5.65. The van der Waals surface area contributed by atoms with Crippen molar-refractivity contribution in [3.05, 3.63) is 76.1 Å². The molecular weight excluding hydrogens is 451 g/mol. The van der Waals surface area contributed by atoms with Crippen LogP contribution in [0.25, 0.3) is 22.4 Å². The number of amides is 1. The summed E-state index contributed by atoms with van der Waals surface area (Å²) in [5.41, 5.74) is 2.63. The molecule has 32 heavy (non-hydrogen) atoms. The van der Waals surface area contributed by atoms with E-state index in [0.29, 0.717) is 21.9 Å². The summed E-state index contributed by atoms with van der Waals surface area (Å²) in [6.07, 6.45) is 1.84. The van der Waals surface area contributed by atoms with Gasteiger partial charge in [-0.1, -0.05) is 53.4 Å². The van der Waals surface area contributed by atoms with E-state index in [0.717, 1.165) is 22.0 Å². The number of nitrogens with zero attached hydrogens (tertiary/aromatic N) is 4. The summed E-state index contributed by atoms with van der Waals surface area (Å²) in [6.45, 7) is 0.279. The van der Waals surface area contributed by atoms with Gasteiger partial charge in [-0.15, -0.1) is 20.4 Å². The van der Waals surface area contributed by atoms with Gasteiger partial charge < -0.3 is 14.7 Å². The molecule has 3 heterocycles. The van der Waals surface area contributed by atoms with Crippen LogP contribution in [0.5, 0.6) is 0 Å². The normalized spacial score (nSPS) is 11.2. The third kappa shape index (κ3) is 4.39. The topological polar surface area (TPSA) is 110 Å². The number of hydrogen-bond donors (Lipinski definition) is 2. The number of halogens is 1. The molecule has 0 aliphatic heterocycles. The van der Waals surface area contributed by atoms with Gasteiger partial charge in [-0.05, 0) is 23.8 Å². The Bertz CT molecular complexity index is 1380. The summed E-state index contributed by atoms with van der Waals surface area (Å²) >= 11 is 2.52. The van der Waals surface area contributed by atoms with Gasteiger partial charge in [-0.3, -0.25) is 4.79 Å². The zero-order valence-corrected chi connectivity index (χ0v) is 18.0. The first-order chi connectivity index (χ1) is 15.7. The number of rotatable bonds is 7. The smallest absolute Gasteiger partial charge is 0.282 e. The molecular formula is C21H15FN6O2S2. The third-order valence-electron chi connectivity index (χ3n) is 4.57. The second-order valence-corrected chi connectivity index (χ2v) is 8.71. The first-order valence-corrected chi connectivity index (χ1v) is 11.3. The van der Waals surface area contributed by atoms with Crippen LogP contribution < -0.4 is 5.32 Å². The van der Waals surface area contributed by atoms with Crippen LogP contribution in [-0.2, 0) is 12.3 Å². The zero-order chi connectivity index (χ0) is 21.9. The summed E-state index contributed by atoms with van der Waals surface area (Å²) in [6, 6.07) is 13.8. The number of carbonyl (C=O) groups excluding carboxylic acids is 1. The lowest BCUT2D eigenvalue weighted by Crippen LogP contribution is -2.22. The van der Waals surface area contributed by atoms with E-state index in [4.69, 9.17) is 4.42 Å². The third-order valence-corrected chi connectivity index (χ3v) is 6.51. The van der Waals surface area contributed by atoms with Crippen LogP contribution in [-0.4, -0.2) is 31.3 Å². The fourth-order valence-electron chi connectivity index (χ4n) is 3.01. The van der Waals surface area contributed by atoms with Crippen LogP contribution in [0.3, 0.4) is 0 Å². The second kappa shape index (κ2) is 8.89. The maximum Gasteiger partial charge on any atom is 0.282 e. The summed E-state index contributed by atoms with van der Waals surface area (Å²) in [7, 11) is 0. The Balaban J connectivity index is 1.18. The molecule has 3 aromatic heterocycles. The van der Waals surface area contributed by atoms with Gasteiger partial charge in [0.2, 0.25) is 5.01 Å². The Labute approximate surface area is 189 Å². The van der Waals surface area contributed by atoms with E-state index in [-0.39, 0.29) is 23.3 Å². The highest BCUT2D eigenvalue weighted by Gasteiger charge is 2.16. The Hall–Kier alpha value is -3.57. The first kappa shape index (κ1) is 20.3. The number of aromatic nitrogens is 5. The summed E-state index contributed by atoms with van der Waals surface area (Å²) in [4.78, 5) is 15.5. The van der Waals surface area contributed by atoms with Gasteiger partial charge in [0.1, 0.15) is 10.8 Å². The number of thioether (sulfide) groups is 1. The van der Waals surface area contributed by atoms with Crippen molar-refractivity contribution in [3.8, 4) is 11.5 Å². The molecule has 1 amide bonds. The molecule has 8 nitrogen and oxygen atoms in total. The van der Waals surface area contributed by atoms with E-state index >= 15 is 0 Å². The molecule has 5 aromatic rings. The van der Waals surface area contributed by atoms with Crippen molar-refractivity contribution in [2.45, 2.75) is 17.5 Å². The Morgan fingerprint density at radius 1 is 1.09 bits per heavy atom. The first-order valence-electron chi connectivity index (χ1n) is 9.53. The number of benzene rings is 2. The van der Waals surface area contributed by atoms with Crippen molar-refractivity contribution in [2.24, 2.45) is 0 Å². The molecule has 0 fully saturated rings. The molecule has 0 aliphatic carbocycles. The fraction of sp³-hybridized carbons (Fsp3) is 0.0952. The predicted molar refractivity (Wildman–Crippen MR) is 119 cm³/mol. The molecule has 2 aromatic carbocycles. The summed E-state index contributed by atoms with van der Waals surface area (Å²) < 4.78 is 18.7. The van der Waals surface area contributed by atoms with Gasteiger partial charge in [-0.2, -0.15) is 0 Å². The Morgan fingerprint density at radius 3 is 2.81 bits per heavy atom. The second-order valence-electron chi connectivity index (χ2n) is 6.72. The highest BCUT2D eigenvalue weighted by Crippen LogP contribution is 2.30. The quantitative estimate of drug-likeness (QED) is 0.342. The number of nitrogens with one attached hydrogen (secondary N) is 2. The van der Waals surface area contributed by atoms with Gasteiger partial charge >= 0.3 is 0 Å². The molecule has 0 bridgehead atoms. The van der Waals surface area contributed by atoms with Crippen molar-refractivity contribution in [3.63, 3.8) is 0 Å². The highest BCUT2D eigenvalue weighted by atomic mass is 32.2. The van der Waals surface area contributed by atoms with Gasteiger partial charge in [0.05, 0.1) is 11.3 Å². The Morgan fingerprint density at radius 2 is 1.94 bits per heavy atom. The number of hydrogen-bond acceptors (Lipinski definition) is 8. The molecule has 2 N–H and O–H groups in total. The van der Waals surface area contributed by atoms with Gasteiger partial charge in [0, 0.05) is 23.6 Å². The molecule has 0 unspecified atom stereocenters. The lowest BCUT2D eigenvalue weighted by molar-refractivity contribution is 0.0950. The number of H-pyrrole nitrogens is 1. The van der Waals surface area contributed by atoms with Gasteiger partial charge in [-0.25, -0.2) is 4.39 Å². The summed E-state index contributed by atoms with van der Waals surface area (Å²) in [5, 5.41) is 21.3. The standard InChI is InChI=1S/C21H15FN6O2S2/c22-13-7-5-12(6-8-13)9-24-18(29)20-27-25-17(32-20)11-31-21-28-26-19(30-21)15-10-23-16-4-2-1-3-14(15)16/h1-8,10,23H,9,11H2,(H,24,29). The highest BCUT2D eigenvalue weighted by molar-refractivity contribution is 7.98. The molecule has 0 spiro atoms. The van der Waals surface area contributed by atoms with E-state index in [2.05, 4.69) is 30.7 Å². The minimum atomic E-state index is -0.331. The van der Waals surface area contributed by atoms with E-state index < -0.39 is 0 Å². The fourth-order valence-corrected chi connectivity index (χ4v) is 4.52. The molecule has 0 aliphatic rings. The molecule has 0 atom stereocenters. The van der Waals surface area contributed by atoms with Crippen LogP contribution in [0, 0.1) is 5.82 Å². The SMILES string of the molecule is O=C(NCc1ccc(F)cc1)c1nnc(CSc2nnc(-c3c[nH]c4ccccc34)o2)s1. The van der Waals surface area contributed by atoms with E-state index in [9.17, 15) is 9.18 Å². The number of para-hydroxylation sites is 1. The van der Waals surface area contributed by atoms with E-state index in [1.165, 1.54) is 35.2 Å². The lowest BCUT2D eigenvalue weighted by atomic mass is 10.2. The van der Waals surface area contributed by atoms with Crippen molar-refractivity contribution >= 4 is 39.9 Å². The largest absolute Gasteiger partial charge is 0.411 e. The van der Waals surface area contributed by atoms with Crippen LogP contribution in [0.4, 0.5) is 4.39 Å². The molecule has 11 heteroatoms. The molecule has 160 valence electrons. The van der Waals surface area contributed by atoms with Crippen LogP contribution in [0.2, 0.25) is 0 Å². The van der Waals surface area contributed by atoms with E-state index in [1.54, 1.807) is 12.1 Å². The zero-order valence-electron chi connectivity index (χ0n) is 16.4. The number of fused-ring (bicyclic) bond motifs is 1. The van der Waals surface area contributed by atoms with Crippen LogP contribution >= 0.6 is 23.1 Å². The minimum absolute atomic E-state index is 0.257. The number of aromatic amines is 1. The monoisotopic (exact) mass is 466 g/mol. The average Bonchev–Trinajstić information content (AvgIpc) is 3.56. The predicted octanol–water partition coefficient (Wildman–Crippen LogP) is 4.43. The average molecular weight is 467 g/mol. The molecule has 0 radical (unpaired) electrons. The van der Waals surface area contributed by atoms with Crippen molar-refractivity contribution in [1.29, 1.82) is 0 Å². The van der Waals surface area contributed by atoms with Crippen LogP contribution in [0.15, 0.2) is 64.4 Å². The van der Waals surface area contributed by atoms with Gasteiger partial charge in [0.15, 0.2) is 0 Å². The molecule has 0 saturated carbocycles. The van der Waals surface area contributed by atoms with Crippen molar-refractivity contribution in [1.82, 2.24) is 30.7 Å². The maximum absolute atomic E-state index is 13.0. The maximum atomic E-state index is 13.0. The van der Waals surface area contributed by atoms with Crippen molar-refractivity contribution in [2.75, 3.05) is 0 Å².